The summed E-state index contributed by atoms with van der Waals surface area (Å²) in [6.07, 6.45) is 7.20. The van der Waals surface area contributed by atoms with Gasteiger partial charge in [0.1, 0.15) is 5.75 Å². The molecule has 3 aliphatic heterocycles. The highest BCUT2D eigenvalue weighted by molar-refractivity contribution is 5.94. The fourth-order valence-corrected chi connectivity index (χ4v) is 9.12. The number of nitrogens with zero attached hydrogens (tertiary/aromatic N) is 2. The summed E-state index contributed by atoms with van der Waals surface area (Å²) in [5.41, 5.74) is 3.58. The van der Waals surface area contributed by atoms with Gasteiger partial charge in [0.05, 0.1) is 18.8 Å². The Balaban J connectivity index is 1.25. The van der Waals surface area contributed by atoms with Crippen molar-refractivity contribution in [2.75, 3.05) is 26.7 Å². The van der Waals surface area contributed by atoms with Gasteiger partial charge in [-0.3, -0.25) is 9.69 Å². The van der Waals surface area contributed by atoms with Crippen molar-refractivity contribution in [3.8, 4) is 5.75 Å². The molecule has 8 rings (SSSR count). The summed E-state index contributed by atoms with van der Waals surface area (Å²) < 4.78 is 13.1. The molecule has 5 fully saturated rings. The van der Waals surface area contributed by atoms with Gasteiger partial charge in [-0.25, -0.2) is 0 Å². The maximum atomic E-state index is 13.7. The van der Waals surface area contributed by atoms with E-state index in [0.29, 0.717) is 12.0 Å². The van der Waals surface area contributed by atoms with Gasteiger partial charge in [-0.15, -0.1) is 0 Å². The topological polar surface area (TPSA) is 42.0 Å². The van der Waals surface area contributed by atoms with E-state index < -0.39 is 0 Å². The third kappa shape index (κ3) is 2.59. The average molecular weight is 471 g/mol. The SMILES string of the molecule is COc1ccc2c(c1)C13CCN(CC4CC4)C(C2)C12CCC1C3[C@@H](CN1C(=O)c1ccccc1)O2. The van der Waals surface area contributed by atoms with Gasteiger partial charge in [-0.1, -0.05) is 24.3 Å². The number of carbonyl (C=O) groups is 1. The number of piperidine rings is 1. The van der Waals surface area contributed by atoms with Crippen molar-refractivity contribution >= 4 is 5.91 Å². The molecule has 6 aliphatic rings. The van der Waals surface area contributed by atoms with E-state index in [9.17, 15) is 4.79 Å². The van der Waals surface area contributed by atoms with Crippen LogP contribution in [0.5, 0.6) is 5.75 Å². The summed E-state index contributed by atoms with van der Waals surface area (Å²) in [5.74, 6) is 2.36. The number of hydrogen-bond acceptors (Lipinski definition) is 4. The highest BCUT2D eigenvalue weighted by atomic mass is 16.5. The van der Waals surface area contributed by atoms with Gasteiger partial charge >= 0.3 is 0 Å². The van der Waals surface area contributed by atoms with Gasteiger partial charge in [0, 0.05) is 42.1 Å². The largest absolute Gasteiger partial charge is 0.497 e. The molecule has 5 unspecified atom stereocenters. The van der Waals surface area contributed by atoms with Crippen molar-refractivity contribution in [3.05, 3.63) is 65.2 Å². The van der Waals surface area contributed by atoms with Crippen molar-refractivity contribution in [2.45, 2.75) is 67.7 Å². The van der Waals surface area contributed by atoms with Crippen LogP contribution in [0.15, 0.2) is 48.5 Å². The molecule has 2 saturated carbocycles. The van der Waals surface area contributed by atoms with Crippen LogP contribution in [0.2, 0.25) is 0 Å². The Bertz CT molecular complexity index is 1200. The van der Waals surface area contributed by atoms with E-state index in [-0.39, 0.29) is 29.1 Å². The minimum Gasteiger partial charge on any atom is -0.497 e. The second kappa shape index (κ2) is 7.10. The molecule has 4 bridgehead atoms. The first-order valence-corrected chi connectivity index (χ1v) is 13.6. The number of hydrogen-bond donors (Lipinski definition) is 0. The Morgan fingerprint density at radius 1 is 1.11 bits per heavy atom. The van der Waals surface area contributed by atoms with Gasteiger partial charge in [-0.2, -0.15) is 0 Å². The van der Waals surface area contributed by atoms with E-state index in [1.54, 1.807) is 7.11 Å². The lowest BCUT2D eigenvalue weighted by molar-refractivity contribution is -0.171. The quantitative estimate of drug-likeness (QED) is 0.676. The standard InChI is InChI=1S/C30H34N2O3/c1-34-22-10-9-21-15-26-30-12-11-24-27(25(35-30)18-32(24)28(33)20-5-3-2-4-6-20)29(30,23(21)16-22)13-14-31(26)17-19-7-8-19/h2-6,9-10,16,19,24-27H,7-8,11-15,17-18H2,1H3/t24?,25-,26?,27?,29?,30?/m1/s1. The molecule has 0 aromatic heterocycles. The van der Waals surface area contributed by atoms with Crippen molar-refractivity contribution in [3.63, 3.8) is 0 Å². The second-order valence-corrected chi connectivity index (χ2v) is 11.9. The number of methoxy groups -OCH3 is 1. The molecule has 6 atom stereocenters. The molecule has 5 nitrogen and oxygen atoms in total. The summed E-state index contributed by atoms with van der Waals surface area (Å²) >= 11 is 0. The molecule has 5 heteroatoms. The van der Waals surface area contributed by atoms with Crippen molar-refractivity contribution in [1.29, 1.82) is 0 Å². The summed E-state index contributed by atoms with van der Waals surface area (Å²) in [6, 6.07) is 17.3. The van der Waals surface area contributed by atoms with Crippen molar-refractivity contribution < 1.29 is 14.3 Å². The number of benzene rings is 2. The highest BCUT2D eigenvalue weighted by Crippen LogP contribution is 2.69. The minimum atomic E-state index is -0.132. The Morgan fingerprint density at radius 3 is 2.77 bits per heavy atom. The van der Waals surface area contributed by atoms with Crippen molar-refractivity contribution in [1.82, 2.24) is 9.80 Å². The van der Waals surface area contributed by atoms with E-state index in [4.69, 9.17) is 9.47 Å². The number of rotatable bonds is 4. The molecule has 3 saturated heterocycles. The number of likely N-dealkylation sites (tertiary alicyclic amines) is 2. The Labute approximate surface area is 207 Å². The molecule has 0 spiro atoms. The normalized spacial score (nSPS) is 38.7. The molecule has 1 amide bonds. The smallest absolute Gasteiger partial charge is 0.254 e. The zero-order valence-electron chi connectivity index (χ0n) is 20.5. The Hall–Kier alpha value is -2.37. The zero-order valence-corrected chi connectivity index (χ0v) is 20.5. The molecule has 2 aromatic rings. The van der Waals surface area contributed by atoms with Crippen LogP contribution in [0.25, 0.3) is 0 Å². The van der Waals surface area contributed by atoms with Gasteiger partial charge in [0.2, 0.25) is 0 Å². The van der Waals surface area contributed by atoms with Crippen LogP contribution in [-0.2, 0) is 16.6 Å². The lowest BCUT2D eigenvalue weighted by atomic mass is 9.46. The van der Waals surface area contributed by atoms with Crippen molar-refractivity contribution in [2.24, 2.45) is 11.8 Å². The van der Waals surface area contributed by atoms with Gasteiger partial charge in [-0.05, 0) is 86.4 Å². The number of amides is 1. The predicted molar refractivity (Wildman–Crippen MR) is 133 cm³/mol. The summed E-state index contributed by atoms with van der Waals surface area (Å²) in [4.78, 5) is 18.6. The van der Waals surface area contributed by atoms with E-state index in [0.717, 1.165) is 56.0 Å². The molecule has 0 radical (unpaired) electrons. The van der Waals surface area contributed by atoms with Crippen LogP contribution >= 0.6 is 0 Å². The molecule has 0 N–H and O–H groups in total. The monoisotopic (exact) mass is 470 g/mol. The Kier molecular flexibility index (Phi) is 4.22. The predicted octanol–water partition coefficient (Wildman–Crippen LogP) is 4.05. The fraction of sp³-hybridized carbons (Fsp3) is 0.567. The van der Waals surface area contributed by atoms with Crippen LogP contribution < -0.4 is 4.74 Å². The van der Waals surface area contributed by atoms with Crippen LogP contribution in [-0.4, -0.2) is 66.2 Å². The van der Waals surface area contributed by atoms with Crippen LogP contribution in [0.3, 0.4) is 0 Å². The third-order valence-electron chi connectivity index (χ3n) is 10.5. The first-order chi connectivity index (χ1) is 17.1. The van der Waals surface area contributed by atoms with Gasteiger partial charge in [0.15, 0.2) is 0 Å². The maximum Gasteiger partial charge on any atom is 0.254 e. The second-order valence-electron chi connectivity index (χ2n) is 11.9. The Morgan fingerprint density at radius 2 is 1.97 bits per heavy atom. The van der Waals surface area contributed by atoms with E-state index in [1.165, 1.54) is 30.5 Å². The number of carbonyl (C=O) groups excluding carboxylic acids is 1. The van der Waals surface area contributed by atoms with E-state index >= 15 is 0 Å². The fourth-order valence-electron chi connectivity index (χ4n) is 9.12. The number of ether oxygens (including phenoxy) is 2. The molecule has 3 heterocycles. The average Bonchev–Trinajstić information content (AvgIpc) is 3.59. The molecule has 2 aromatic carbocycles. The molecular weight excluding hydrogens is 436 g/mol. The summed E-state index contributed by atoms with van der Waals surface area (Å²) in [5, 5.41) is 0. The highest BCUT2D eigenvalue weighted by Gasteiger charge is 2.78. The first kappa shape index (κ1) is 20.8. The first-order valence-electron chi connectivity index (χ1n) is 13.6. The minimum absolute atomic E-state index is 0.0286. The lowest BCUT2D eigenvalue weighted by Gasteiger charge is -2.64. The van der Waals surface area contributed by atoms with Gasteiger partial charge < -0.3 is 14.4 Å². The summed E-state index contributed by atoms with van der Waals surface area (Å²) in [6.45, 7) is 3.10. The zero-order chi connectivity index (χ0) is 23.4. The van der Waals surface area contributed by atoms with E-state index in [2.05, 4.69) is 28.0 Å². The molecule has 182 valence electrons. The van der Waals surface area contributed by atoms with Crippen LogP contribution in [0, 0.1) is 11.8 Å². The third-order valence-corrected chi connectivity index (χ3v) is 10.5. The van der Waals surface area contributed by atoms with E-state index in [1.807, 2.05) is 30.3 Å². The summed E-state index contributed by atoms with van der Waals surface area (Å²) in [7, 11) is 1.77. The molecular formula is C30H34N2O3. The maximum absolute atomic E-state index is 13.7. The molecule has 3 aliphatic carbocycles. The van der Waals surface area contributed by atoms with Gasteiger partial charge in [0.25, 0.3) is 5.91 Å². The molecule has 35 heavy (non-hydrogen) atoms. The number of fused-ring (bicyclic) bond motifs is 1. The van der Waals surface area contributed by atoms with Crippen LogP contribution in [0.4, 0.5) is 0 Å². The lowest BCUT2D eigenvalue weighted by Crippen LogP contribution is -2.74. The van der Waals surface area contributed by atoms with Crippen LogP contribution in [0.1, 0.15) is 53.6 Å².